The highest BCUT2D eigenvalue weighted by molar-refractivity contribution is 7.21. The molecule has 3 rings (SSSR count). The molecule has 0 atom stereocenters. The van der Waals surface area contributed by atoms with Crippen molar-refractivity contribution in [2.45, 2.75) is 0 Å². The van der Waals surface area contributed by atoms with Gasteiger partial charge in [0.1, 0.15) is 16.4 Å². The fraction of sp³-hybridized carbons (Fsp3) is 0.0625. The van der Waals surface area contributed by atoms with Gasteiger partial charge in [-0.15, -0.1) is 11.3 Å². The number of carbonyl (C=O) groups excluding carboxylic acids is 1. The van der Waals surface area contributed by atoms with Gasteiger partial charge in [0.2, 0.25) is 5.75 Å². The Kier molecular flexibility index (Phi) is 4.56. The molecule has 0 aliphatic rings. The first kappa shape index (κ1) is 17.1. The predicted molar refractivity (Wildman–Crippen MR) is 91.4 cm³/mol. The summed E-state index contributed by atoms with van der Waals surface area (Å²) < 4.78 is 23.8. The number of nitrogens with zero attached hydrogens (tertiary/aromatic N) is 1. The molecule has 0 bridgehead atoms. The first-order valence-corrected chi connectivity index (χ1v) is 8.02. The van der Waals surface area contributed by atoms with E-state index in [9.17, 15) is 19.3 Å². The van der Waals surface area contributed by atoms with Crippen molar-refractivity contribution in [2.24, 2.45) is 0 Å². The zero-order chi connectivity index (χ0) is 18.1. The van der Waals surface area contributed by atoms with Crippen molar-refractivity contribution in [1.82, 2.24) is 0 Å². The Morgan fingerprint density at radius 2 is 2.04 bits per heavy atom. The largest absolute Gasteiger partial charge is 0.496 e. The monoisotopic (exact) mass is 381 g/mol. The highest BCUT2D eigenvalue weighted by Gasteiger charge is 2.24. The highest BCUT2D eigenvalue weighted by Crippen LogP contribution is 2.37. The second-order valence-corrected chi connectivity index (χ2v) is 6.30. The van der Waals surface area contributed by atoms with Gasteiger partial charge < -0.3 is 9.47 Å². The molecule has 128 valence electrons. The maximum absolute atomic E-state index is 13.3. The van der Waals surface area contributed by atoms with E-state index in [-0.39, 0.29) is 21.4 Å². The van der Waals surface area contributed by atoms with Gasteiger partial charge in [0.15, 0.2) is 0 Å². The summed E-state index contributed by atoms with van der Waals surface area (Å²) in [5.41, 5.74) is -0.420. The van der Waals surface area contributed by atoms with E-state index in [4.69, 9.17) is 21.1 Å². The smallest absolute Gasteiger partial charge is 0.355 e. The summed E-state index contributed by atoms with van der Waals surface area (Å²) >= 11 is 7.10. The first-order valence-electron chi connectivity index (χ1n) is 6.83. The second kappa shape index (κ2) is 6.66. The molecule has 0 aliphatic heterocycles. The molecular formula is C16H9ClFNO5S. The summed E-state index contributed by atoms with van der Waals surface area (Å²) in [7, 11) is 1.36. The topological polar surface area (TPSA) is 78.7 Å². The van der Waals surface area contributed by atoms with E-state index in [1.807, 2.05) is 0 Å². The van der Waals surface area contributed by atoms with Crippen LogP contribution < -0.4 is 9.47 Å². The SMILES string of the molecule is COc1ccc(OC(=O)c2sc3cc(F)ccc3c2Cl)c([N+](=O)[O-])c1. The summed E-state index contributed by atoms with van der Waals surface area (Å²) in [6.45, 7) is 0. The minimum atomic E-state index is -0.861. The van der Waals surface area contributed by atoms with E-state index >= 15 is 0 Å². The molecule has 6 nitrogen and oxygen atoms in total. The number of methoxy groups -OCH3 is 1. The number of ether oxygens (including phenoxy) is 2. The molecule has 0 fully saturated rings. The normalized spacial score (nSPS) is 10.7. The van der Waals surface area contributed by atoms with Crippen molar-refractivity contribution in [2.75, 3.05) is 7.11 Å². The third-order valence-electron chi connectivity index (χ3n) is 3.34. The fourth-order valence-corrected chi connectivity index (χ4v) is 3.58. The first-order chi connectivity index (χ1) is 11.9. The number of hydrogen-bond acceptors (Lipinski definition) is 6. The number of esters is 1. The fourth-order valence-electron chi connectivity index (χ4n) is 2.17. The lowest BCUT2D eigenvalue weighted by molar-refractivity contribution is -0.385. The Balaban J connectivity index is 1.98. The third kappa shape index (κ3) is 3.26. The average Bonchev–Trinajstić information content (AvgIpc) is 2.91. The van der Waals surface area contributed by atoms with Crippen LogP contribution in [0.4, 0.5) is 10.1 Å². The zero-order valence-corrected chi connectivity index (χ0v) is 14.2. The molecule has 0 saturated heterocycles. The molecule has 1 heterocycles. The average molecular weight is 382 g/mol. The van der Waals surface area contributed by atoms with Gasteiger partial charge in [0, 0.05) is 10.1 Å². The molecule has 0 amide bonds. The van der Waals surface area contributed by atoms with Crippen molar-refractivity contribution < 1.29 is 23.6 Å². The number of benzene rings is 2. The summed E-state index contributed by atoms with van der Waals surface area (Å²) in [6, 6.07) is 7.76. The maximum Gasteiger partial charge on any atom is 0.355 e. The van der Waals surface area contributed by atoms with Gasteiger partial charge in [-0.1, -0.05) is 11.6 Å². The van der Waals surface area contributed by atoms with E-state index in [1.165, 1.54) is 37.4 Å². The second-order valence-electron chi connectivity index (χ2n) is 4.87. The van der Waals surface area contributed by atoms with Gasteiger partial charge in [-0.05, 0) is 30.3 Å². The van der Waals surface area contributed by atoms with E-state index in [0.29, 0.717) is 10.1 Å². The summed E-state index contributed by atoms with van der Waals surface area (Å²) in [4.78, 5) is 22.9. The van der Waals surface area contributed by atoms with Crippen molar-refractivity contribution >= 4 is 44.7 Å². The van der Waals surface area contributed by atoms with E-state index in [2.05, 4.69) is 0 Å². The molecule has 0 saturated carbocycles. The lowest BCUT2D eigenvalue weighted by Crippen LogP contribution is -2.08. The quantitative estimate of drug-likeness (QED) is 0.280. The third-order valence-corrected chi connectivity index (χ3v) is 4.98. The Hall–Kier alpha value is -2.71. The molecule has 0 unspecified atom stereocenters. The summed E-state index contributed by atoms with van der Waals surface area (Å²) in [5.74, 6) is -1.31. The van der Waals surface area contributed by atoms with Crippen LogP contribution in [0.2, 0.25) is 5.02 Å². The van der Waals surface area contributed by atoms with Crippen LogP contribution in [-0.2, 0) is 0 Å². The van der Waals surface area contributed by atoms with Crippen LogP contribution in [0.15, 0.2) is 36.4 Å². The molecule has 0 N–H and O–H groups in total. The lowest BCUT2D eigenvalue weighted by atomic mass is 10.2. The van der Waals surface area contributed by atoms with Crippen molar-refractivity contribution in [1.29, 1.82) is 0 Å². The molecule has 0 aliphatic carbocycles. The zero-order valence-electron chi connectivity index (χ0n) is 12.6. The minimum absolute atomic E-state index is 0.0346. The van der Waals surface area contributed by atoms with Crippen LogP contribution in [0.25, 0.3) is 10.1 Å². The number of nitro benzene ring substituents is 1. The number of carbonyl (C=O) groups is 1. The molecule has 3 aromatic rings. The maximum atomic E-state index is 13.3. The molecule has 1 aromatic heterocycles. The molecule has 0 radical (unpaired) electrons. The van der Waals surface area contributed by atoms with Crippen LogP contribution in [0.3, 0.4) is 0 Å². The van der Waals surface area contributed by atoms with Crippen LogP contribution >= 0.6 is 22.9 Å². The van der Waals surface area contributed by atoms with Gasteiger partial charge in [-0.25, -0.2) is 9.18 Å². The number of rotatable bonds is 4. The van der Waals surface area contributed by atoms with Gasteiger partial charge in [0.05, 0.1) is 23.1 Å². The minimum Gasteiger partial charge on any atom is -0.496 e. The Labute approximate surface area is 149 Å². The number of fused-ring (bicyclic) bond motifs is 1. The lowest BCUT2D eigenvalue weighted by Gasteiger charge is -2.06. The molecule has 0 spiro atoms. The van der Waals surface area contributed by atoms with Crippen LogP contribution in [0.5, 0.6) is 11.5 Å². The molecule has 2 aromatic carbocycles. The highest BCUT2D eigenvalue weighted by atomic mass is 35.5. The number of hydrogen-bond donors (Lipinski definition) is 0. The van der Waals surface area contributed by atoms with Gasteiger partial charge >= 0.3 is 11.7 Å². The van der Waals surface area contributed by atoms with Crippen molar-refractivity contribution in [3.05, 3.63) is 62.2 Å². The summed E-state index contributed by atoms with van der Waals surface area (Å²) in [5, 5.41) is 11.8. The predicted octanol–water partition coefficient (Wildman–Crippen LogP) is 4.83. The van der Waals surface area contributed by atoms with Crippen molar-refractivity contribution in [3.63, 3.8) is 0 Å². The standard InChI is InChI=1S/C16H9ClFNO5S/c1-23-9-3-5-12(11(7-9)19(21)22)24-16(20)15-14(17)10-4-2-8(18)6-13(10)25-15/h2-7H,1H3. The van der Waals surface area contributed by atoms with Crippen LogP contribution in [0, 0.1) is 15.9 Å². The molecule has 9 heteroatoms. The number of nitro groups is 1. The van der Waals surface area contributed by atoms with E-state index in [0.717, 1.165) is 17.4 Å². The Morgan fingerprint density at radius 1 is 1.28 bits per heavy atom. The van der Waals surface area contributed by atoms with Crippen molar-refractivity contribution in [3.8, 4) is 11.5 Å². The number of thiophene rings is 1. The van der Waals surface area contributed by atoms with E-state index in [1.54, 1.807) is 0 Å². The molecule has 25 heavy (non-hydrogen) atoms. The van der Waals surface area contributed by atoms with Crippen LogP contribution in [-0.4, -0.2) is 18.0 Å². The van der Waals surface area contributed by atoms with Crippen LogP contribution in [0.1, 0.15) is 9.67 Å². The Bertz CT molecular complexity index is 1000. The van der Waals surface area contributed by atoms with Gasteiger partial charge in [0.25, 0.3) is 0 Å². The van der Waals surface area contributed by atoms with Gasteiger partial charge in [-0.2, -0.15) is 0 Å². The molecular weight excluding hydrogens is 373 g/mol. The number of halogens is 2. The van der Waals surface area contributed by atoms with Gasteiger partial charge in [-0.3, -0.25) is 10.1 Å². The summed E-state index contributed by atoms with van der Waals surface area (Å²) in [6.07, 6.45) is 0. The Morgan fingerprint density at radius 3 is 2.72 bits per heavy atom. The van der Waals surface area contributed by atoms with E-state index < -0.39 is 22.4 Å².